The molecule has 0 saturated carbocycles. The van der Waals surface area contributed by atoms with Gasteiger partial charge in [0.2, 0.25) is 0 Å². The van der Waals surface area contributed by atoms with Gasteiger partial charge in [0.25, 0.3) is 5.69 Å². The molecule has 0 bridgehead atoms. The lowest BCUT2D eigenvalue weighted by molar-refractivity contribution is -0.383. The van der Waals surface area contributed by atoms with E-state index in [9.17, 15) is 10.1 Å². The molecule has 0 unspecified atom stereocenters. The highest BCUT2D eigenvalue weighted by molar-refractivity contribution is 5.65. The van der Waals surface area contributed by atoms with Crippen molar-refractivity contribution in [3.8, 4) is 0 Å². The van der Waals surface area contributed by atoms with Gasteiger partial charge in [-0.1, -0.05) is 39.5 Å². The lowest BCUT2D eigenvalue weighted by atomic mass is 10.0. The van der Waals surface area contributed by atoms with Crippen molar-refractivity contribution in [3.05, 3.63) is 28.3 Å². The van der Waals surface area contributed by atoms with Crippen LogP contribution in [0.1, 0.15) is 46.0 Å². The quantitative estimate of drug-likeness (QED) is 0.307. The molecule has 0 aliphatic heterocycles. The van der Waals surface area contributed by atoms with Crippen molar-refractivity contribution in [3.63, 3.8) is 0 Å². The topological polar surface area (TPSA) is 81.2 Å². The summed E-state index contributed by atoms with van der Waals surface area (Å²) in [5.74, 6) is 0.788. The molecule has 3 N–H and O–H groups in total. The standard InChI is InChI=1S/C15H25N3O2/c1-12(2)7-5-3-4-6-10-17-13-8-9-15(18(19)20)14(16)11-13/h8-9,11-12,17H,3-7,10,16H2,1-2H3. The van der Waals surface area contributed by atoms with Crippen LogP contribution in [-0.4, -0.2) is 11.5 Å². The number of nitrogens with two attached hydrogens (primary N) is 1. The zero-order valence-corrected chi connectivity index (χ0v) is 12.4. The predicted octanol–water partition coefficient (Wildman–Crippen LogP) is 4.20. The number of hydrogen-bond acceptors (Lipinski definition) is 4. The van der Waals surface area contributed by atoms with E-state index in [1.165, 1.54) is 31.7 Å². The van der Waals surface area contributed by atoms with Gasteiger partial charge in [-0.2, -0.15) is 0 Å². The first kappa shape index (κ1) is 16.3. The number of unbranched alkanes of at least 4 members (excludes halogenated alkanes) is 3. The van der Waals surface area contributed by atoms with Crippen molar-refractivity contribution in [1.82, 2.24) is 0 Å². The van der Waals surface area contributed by atoms with E-state index in [4.69, 9.17) is 5.73 Å². The zero-order valence-electron chi connectivity index (χ0n) is 12.4. The van der Waals surface area contributed by atoms with Gasteiger partial charge in [-0.15, -0.1) is 0 Å². The van der Waals surface area contributed by atoms with E-state index in [0.29, 0.717) is 0 Å². The summed E-state index contributed by atoms with van der Waals surface area (Å²) in [5.41, 5.74) is 6.65. The van der Waals surface area contributed by atoms with Crippen molar-refractivity contribution in [1.29, 1.82) is 0 Å². The Hall–Kier alpha value is -1.78. The van der Waals surface area contributed by atoms with Gasteiger partial charge in [-0.05, 0) is 24.5 Å². The minimum Gasteiger partial charge on any atom is -0.393 e. The maximum absolute atomic E-state index is 10.6. The first-order chi connectivity index (χ1) is 9.50. The highest BCUT2D eigenvalue weighted by Crippen LogP contribution is 2.24. The van der Waals surface area contributed by atoms with Gasteiger partial charge >= 0.3 is 0 Å². The third kappa shape index (κ3) is 5.91. The van der Waals surface area contributed by atoms with Crippen molar-refractivity contribution >= 4 is 17.1 Å². The summed E-state index contributed by atoms with van der Waals surface area (Å²) < 4.78 is 0. The summed E-state index contributed by atoms with van der Waals surface area (Å²) in [4.78, 5) is 10.2. The van der Waals surface area contributed by atoms with E-state index in [1.54, 1.807) is 12.1 Å². The number of nitrogen functional groups attached to an aromatic ring is 1. The van der Waals surface area contributed by atoms with Crippen molar-refractivity contribution < 1.29 is 4.92 Å². The summed E-state index contributed by atoms with van der Waals surface area (Å²) >= 11 is 0. The van der Waals surface area contributed by atoms with Gasteiger partial charge in [-0.3, -0.25) is 10.1 Å². The molecule has 0 spiro atoms. The van der Waals surface area contributed by atoms with Crippen LogP contribution in [0.4, 0.5) is 17.1 Å². The molecule has 0 amide bonds. The summed E-state index contributed by atoms with van der Waals surface area (Å²) in [5, 5.41) is 13.9. The summed E-state index contributed by atoms with van der Waals surface area (Å²) in [7, 11) is 0. The van der Waals surface area contributed by atoms with E-state index in [-0.39, 0.29) is 11.4 Å². The highest BCUT2D eigenvalue weighted by Gasteiger charge is 2.10. The summed E-state index contributed by atoms with van der Waals surface area (Å²) in [6.45, 7) is 5.38. The number of anilines is 2. The molecule has 0 aliphatic rings. The van der Waals surface area contributed by atoms with E-state index in [0.717, 1.165) is 24.6 Å². The molecule has 0 saturated heterocycles. The molecule has 0 aliphatic carbocycles. The SMILES string of the molecule is CC(C)CCCCCCNc1ccc([N+](=O)[O-])c(N)c1. The van der Waals surface area contributed by atoms with Crippen molar-refractivity contribution in [2.24, 2.45) is 5.92 Å². The maximum Gasteiger partial charge on any atom is 0.292 e. The van der Waals surface area contributed by atoms with Gasteiger partial charge in [0, 0.05) is 18.3 Å². The number of nitrogens with zero attached hydrogens (tertiary/aromatic N) is 1. The fourth-order valence-electron chi connectivity index (χ4n) is 2.09. The number of benzene rings is 1. The second kappa shape index (κ2) is 8.40. The fraction of sp³-hybridized carbons (Fsp3) is 0.600. The molecule has 0 radical (unpaired) electrons. The Bertz CT molecular complexity index is 433. The minimum absolute atomic E-state index is 0.0377. The molecular weight excluding hydrogens is 254 g/mol. The average Bonchev–Trinajstić information content (AvgIpc) is 2.37. The van der Waals surface area contributed by atoms with Crippen LogP contribution < -0.4 is 11.1 Å². The van der Waals surface area contributed by atoms with E-state index in [1.807, 2.05) is 0 Å². The largest absolute Gasteiger partial charge is 0.393 e. The Kier molecular flexibility index (Phi) is 6.84. The molecule has 112 valence electrons. The first-order valence-electron chi connectivity index (χ1n) is 7.28. The third-order valence-electron chi connectivity index (χ3n) is 3.26. The number of hydrogen-bond donors (Lipinski definition) is 2. The molecule has 0 atom stereocenters. The molecule has 5 heteroatoms. The predicted molar refractivity (Wildman–Crippen MR) is 83.9 cm³/mol. The lowest BCUT2D eigenvalue weighted by Crippen LogP contribution is -2.03. The summed E-state index contributed by atoms with van der Waals surface area (Å²) in [6, 6.07) is 4.77. The van der Waals surface area contributed by atoms with Gasteiger partial charge < -0.3 is 11.1 Å². The van der Waals surface area contributed by atoms with Crippen molar-refractivity contribution in [2.45, 2.75) is 46.0 Å². The molecule has 1 rings (SSSR count). The zero-order chi connectivity index (χ0) is 15.0. The lowest BCUT2D eigenvalue weighted by Gasteiger charge is -2.08. The van der Waals surface area contributed by atoms with Crippen LogP contribution in [0.2, 0.25) is 0 Å². The number of nitrogens with one attached hydrogen (secondary N) is 1. The highest BCUT2D eigenvalue weighted by atomic mass is 16.6. The normalized spacial score (nSPS) is 10.8. The minimum atomic E-state index is -0.464. The van der Waals surface area contributed by atoms with Crippen molar-refractivity contribution in [2.75, 3.05) is 17.6 Å². The van der Waals surface area contributed by atoms with Crippen LogP contribution in [-0.2, 0) is 0 Å². The van der Waals surface area contributed by atoms with Crippen LogP contribution in [0.3, 0.4) is 0 Å². The number of nitro groups is 1. The van der Waals surface area contributed by atoms with Crippen LogP contribution in [0.15, 0.2) is 18.2 Å². The Labute approximate surface area is 120 Å². The Morgan fingerprint density at radius 3 is 2.55 bits per heavy atom. The van der Waals surface area contributed by atoms with E-state index < -0.39 is 4.92 Å². The molecule has 0 aromatic heterocycles. The second-order valence-electron chi connectivity index (χ2n) is 5.55. The van der Waals surface area contributed by atoms with Crippen LogP contribution in [0.5, 0.6) is 0 Å². The molecule has 1 aromatic carbocycles. The van der Waals surface area contributed by atoms with Gasteiger partial charge in [0.1, 0.15) is 5.69 Å². The third-order valence-corrected chi connectivity index (χ3v) is 3.26. The van der Waals surface area contributed by atoms with Gasteiger partial charge in [0.15, 0.2) is 0 Å². The monoisotopic (exact) mass is 279 g/mol. The Balaban J connectivity index is 2.22. The maximum atomic E-state index is 10.6. The fourth-order valence-corrected chi connectivity index (χ4v) is 2.09. The molecule has 20 heavy (non-hydrogen) atoms. The van der Waals surface area contributed by atoms with Crippen LogP contribution in [0, 0.1) is 16.0 Å². The van der Waals surface area contributed by atoms with Crippen LogP contribution in [0.25, 0.3) is 0 Å². The van der Waals surface area contributed by atoms with E-state index in [2.05, 4.69) is 19.2 Å². The molecule has 0 fully saturated rings. The first-order valence-corrected chi connectivity index (χ1v) is 7.28. The van der Waals surface area contributed by atoms with Gasteiger partial charge in [-0.25, -0.2) is 0 Å². The molecule has 0 heterocycles. The Morgan fingerprint density at radius 2 is 1.95 bits per heavy atom. The van der Waals surface area contributed by atoms with Gasteiger partial charge in [0.05, 0.1) is 4.92 Å². The van der Waals surface area contributed by atoms with Crippen LogP contribution >= 0.6 is 0 Å². The number of nitro benzene ring substituents is 1. The summed E-state index contributed by atoms with van der Waals surface area (Å²) in [6.07, 6.45) is 6.17. The molecular formula is C15H25N3O2. The average molecular weight is 279 g/mol. The Morgan fingerprint density at radius 1 is 1.25 bits per heavy atom. The number of rotatable bonds is 9. The van der Waals surface area contributed by atoms with E-state index >= 15 is 0 Å². The smallest absolute Gasteiger partial charge is 0.292 e. The second-order valence-corrected chi connectivity index (χ2v) is 5.55. The molecule has 1 aromatic rings. The molecule has 5 nitrogen and oxygen atoms in total.